The van der Waals surface area contributed by atoms with E-state index in [1.807, 2.05) is 0 Å². The largest absolute Gasteiger partial charge is 0.474 e. The Morgan fingerprint density at radius 1 is 0.654 bits per heavy atom. The molecular weight excluding hydrogens is 388 g/mol. The Bertz CT molecular complexity index is 634. The summed E-state index contributed by atoms with van der Waals surface area (Å²) in [6.07, 6.45) is -10.8. The second-order valence-corrected chi connectivity index (χ2v) is 4.59. The lowest BCUT2D eigenvalue weighted by Gasteiger charge is -2.25. The van der Waals surface area contributed by atoms with Crippen molar-refractivity contribution in [3.63, 3.8) is 0 Å². The second kappa shape index (κ2) is 6.49. The third-order valence-corrected chi connectivity index (χ3v) is 2.67. The molecule has 4 N–H and O–H groups in total. The van der Waals surface area contributed by atoms with Gasteiger partial charge in [-0.15, -0.1) is 0 Å². The summed E-state index contributed by atoms with van der Waals surface area (Å²) < 4.78 is 112. The zero-order valence-electron chi connectivity index (χ0n) is 12.1. The molecule has 1 rings (SSSR count). The molecule has 14 heteroatoms. The molecule has 2 amide bonds. The van der Waals surface area contributed by atoms with E-state index in [4.69, 9.17) is 0 Å². The molecule has 0 aliphatic heterocycles. The standard InChI is InChI=1S/C12H8F8N2O4/c13-9(14,7(21)23)11(17,18)25-5-1-2-6(4-3-5)26-12(19,20)10(15,16)8(22)24/h1-4H,(H2,21,23)(H2,22,24). The SMILES string of the molecule is NC(=O)C(F)(F)C(F)(F)Oc1ccc(OC(F)(F)C(F)(F)C(N)=O)cc1. The van der Waals surface area contributed by atoms with Crippen molar-refractivity contribution >= 4 is 11.8 Å². The van der Waals surface area contributed by atoms with Crippen LogP contribution in [0.25, 0.3) is 0 Å². The Morgan fingerprint density at radius 3 is 1.08 bits per heavy atom. The maximum atomic E-state index is 13.2. The first-order valence-corrected chi connectivity index (χ1v) is 6.14. The Morgan fingerprint density at radius 2 is 0.885 bits per heavy atom. The van der Waals surface area contributed by atoms with Crippen LogP contribution < -0.4 is 20.9 Å². The Kier molecular flexibility index (Phi) is 5.31. The minimum atomic E-state index is -5.40. The molecule has 0 bridgehead atoms. The van der Waals surface area contributed by atoms with Gasteiger partial charge in [-0.2, -0.15) is 35.1 Å². The van der Waals surface area contributed by atoms with Gasteiger partial charge in [-0.3, -0.25) is 9.59 Å². The van der Waals surface area contributed by atoms with Gasteiger partial charge >= 0.3 is 24.1 Å². The highest BCUT2D eigenvalue weighted by Gasteiger charge is 2.65. The summed E-state index contributed by atoms with van der Waals surface area (Å²) in [6, 6.07) is 1.44. The number of alkyl halides is 8. The molecule has 0 aliphatic rings. The summed E-state index contributed by atoms with van der Waals surface area (Å²) in [5.41, 5.74) is 8.22. The summed E-state index contributed by atoms with van der Waals surface area (Å²) in [4.78, 5) is 20.6. The van der Waals surface area contributed by atoms with E-state index in [0.717, 1.165) is 0 Å². The number of carbonyl (C=O) groups is 2. The van der Waals surface area contributed by atoms with Gasteiger partial charge in [0, 0.05) is 0 Å². The van der Waals surface area contributed by atoms with Crippen molar-refractivity contribution < 1.29 is 54.2 Å². The van der Waals surface area contributed by atoms with Gasteiger partial charge in [-0.1, -0.05) is 0 Å². The number of rotatable bonds is 8. The van der Waals surface area contributed by atoms with Crippen molar-refractivity contribution in [2.75, 3.05) is 0 Å². The van der Waals surface area contributed by atoms with Crippen LogP contribution in [0.1, 0.15) is 0 Å². The average Bonchev–Trinajstić information content (AvgIpc) is 2.47. The lowest BCUT2D eigenvalue weighted by Crippen LogP contribution is -2.54. The minimum absolute atomic E-state index is 0.360. The zero-order valence-corrected chi connectivity index (χ0v) is 12.1. The van der Waals surface area contributed by atoms with Crippen LogP contribution >= 0.6 is 0 Å². The number of primary amides is 2. The van der Waals surface area contributed by atoms with Crippen molar-refractivity contribution in [2.45, 2.75) is 24.1 Å². The zero-order chi connectivity index (χ0) is 20.6. The number of nitrogens with two attached hydrogens (primary N) is 2. The van der Waals surface area contributed by atoms with E-state index in [9.17, 15) is 44.7 Å². The van der Waals surface area contributed by atoms with E-state index in [-0.39, 0.29) is 0 Å². The molecule has 1 aromatic rings. The smallest absolute Gasteiger partial charge is 0.428 e. The molecule has 0 aromatic heterocycles. The molecule has 0 saturated carbocycles. The van der Waals surface area contributed by atoms with Crippen molar-refractivity contribution in [1.29, 1.82) is 0 Å². The quantitative estimate of drug-likeness (QED) is 0.655. The number of hydrogen-bond donors (Lipinski definition) is 2. The summed E-state index contributed by atoms with van der Waals surface area (Å²) in [7, 11) is 0. The van der Waals surface area contributed by atoms with Crippen LogP contribution in [0.5, 0.6) is 11.5 Å². The molecule has 0 saturated heterocycles. The maximum absolute atomic E-state index is 13.2. The third kappa shape index (κ3) is 3.88. The molecule has 0 radical (unpaired) electrons. The number of carbonyl (C=O) groups excluding carboxylic acids is 2. The van der Waals surface area contributed by atoms with Gasteiger partial charge in [0.15, 0.2) is 0 Å². The summed E-state index contributed by atoms with van der Waals surface area (Å²) in [5.74, 6) is -18.4. The minimum Gasteiger partial charge on any atom is -0.428 e. The number of ether oxygens (including phenoxy) is 2. The fraction of sp³-hybridized carbons (Fsp3) is 0.333. The van der Waals surface area contributed by atoms with Crippen molar-refractivity contribution in [3.05, 3.63) is 24.3 Å². The van der Waals surface area contributed by atoms with E-state index in [0.29, 0.717) is 24.3 Å². The molecule has 26 heavy (non-hydrogen) atoms. The van der Waals surface area contributed by atoms with Gasteiger partial charge < -0.3 is 20.9 Å². The third-order valence-electron chi connectivity index (χ3n) is 2.67. The molecule has 6 nitrogen and oxygen atoms in total. The highest BCUT2D eigenvalue weighted by molar-refractivity contribution is 5.83. The van der Waals surface area contributed by atoms with Crippen LogP contribution in [0.15, 0.2) is 24.3 Å². The van der Waals surface area contributed by atoms with E-state index in [1.54, 1.807) is 0 Å². The van der Waals surface area contributed by atoms with Gasteiger partial charge in [0.25, 0.3) is 11.8 Å². The highest BCUT2D eigenvalue weighted by Crippen LogP contribution is 2.38. The predicted molar refractivity (Wildman–Crippen MR) is 65.9 cm³/mol. The molecule has 0 aliphatic carbocycles. The van der Waals surface area contributed by atoms with Crippen LogP contribution in [-0.4, -0.2) is 35.9 Å². The summed E-state index contributed by atoms with van der Waals surface area (Å²) in [6.45, 7) is 0. The first kappa shape index (κ1) is 21.2. The van der Waals surface area contributed by atoms with Crippen LogP contribution in [0.2, 0.25) is 0 Å². The number of benzene rings is 1. The van der Waals surface area contributed by atoms with Crippen LogP contribution in [0.4, 0.5) is 35.1 Å². The predicted octanol–water partition coefficient (Wildman–Crippen LogP) is 1.87. The monoisotopic (exact) mass is 396 g/mol. The Labute approximate surface area is 138 Å². The molecule has 0 unspecified atom stereocenters. The lowest BCUT2D eigenvalue weighted by atomic mass is 10.2. The van der Waals surface area contributed by atoms with Crippen LogP contribution in [0.3, 0.4) is 0 Å². The van der Waals surface area contributed by atoms with Gasteiger partial charge in [0.05, 0.1) is 0 Å². The number of hydrogen-bond acceptors (Lipinski definition) is 4. The molecule has 146 valence electrons. The summed E-state index contributed by atoms with van der Waals surface area (Å²) in [5, 5.41) is 0. The first-order chi connectivity index (χ1) is 11.5. The van der Waals surface area contributed by atoms with E-state index in [1.165, 1.54) is 0 Å². The molecule has 0 heterocycles. The Hall–Kier alpha value is -2.80. The maximum Gasteiger partial charge on any atom is 0.474 e. The molecule has 0 fully saturated rings. The van der Waals surface area contributed by atoms with Gasteiger partial charge in [-0.05, 0) is 24.3 Å². The fourth-order valence-corrected chi connectivity index (χ4v) is 1.29. The molecule has 0 spiro atoms. The highest BCUT2D eigenvalue weighted by atomic mass is 19.3. The van der Waals surface area contributed by atoms with E-state index in [2.05, 4.69) is 20.9 Å². The number of amides is 2. The van der Waals surface area contributed by atoms with Crippen molar-refractivity contribution in [3.8, 4) is 11.5 Å². The number of halogens is 8. The van der Waals surface area contributed by atoms with Crippen molar-refractivity contribution in [1.82, 2.24) is 0 Å². The van der Waals surface area contributed by atoms with Crippen molar-refractivity contribution in [2.24, 2.45) is 11.5 Å². The van der Waals surface area contributed by atoms with Gasteiger partial charge in [0.1, 0.15) is 11.5 Å². The molecular formula is C12H8F8N2O4. The Balaban J connectivity index is 2.97. The van der Waals surface area contributed by atoms with Crippen LogP contribution in [0, 0.1) is 0 Å². The lowest BCUT2D eigenvalue weighted by molar-refractivity contribution is -0.295. The first-order valence-electron chi connectivity index (χ1n) is 6.14. The second-order valence-electron chi connectivity index (χ2n) is 4.59. The topological polar surface area (TPSA) is 105 Å². The van der Waals surface area contributed by atoms with Gasteiger partial charge in [-0.25, -0.2) is 0 Å². The van der Waals surface area contributed by atoms with E-state index >= 15 is 0 Å². The van der Waals surface area contributed by atoms with E-state index < -0.39 is 47.4 Å². The van der Waals surface area contributed by atoms with Crippen LogP contribution in [-0.2, 0) is 9.59 Å². The normalized spacial score (nSPS) is 13.2. The average molecular weight is 396 g/mol. The summed E-state index contributed by atoms with van der Waals surface area (Å²) >= 11 is 0. The van der Waals surface area contributed by atoms with Gasteiger partial charge in [0.2, 0.25) is 0 Å². The fourth-order valence-electron chi connectivity index (χ4n) is 1.29. The molecule has 1 aromatic carbocycles. The molecule has 0 atom stereocenters.